The van der Waals surface area contributed by atoms with Crippen LogP contribution in [0.3, 0.4) is 0 Å². The lowest BCUT2D eigenvalue weighted by Gasteiger charge is -2.21. The van der Waals surface area contributed by atoms with Crippen molar-refractivity contribution in [2.75, 3.05) is 39.6 Å². The molecule has 17 nitrogen and oxygen atoms in total. The number of esters is 4. The van der Waals surface area contributed by atoms with Crippen LogP contribution in [-0.2, 0) is 65.4 Å². The summed E-state index contributed by atoms with van der Waals surface area (Å²) >= 11 is 0. The Balaban J connectivity index is 5.37. The third-order valence-corrected chi connectivity index (χ3v) is 17.3. The molecule has 0 saturated heterocycles. The predicted octanol–water partition coefficient (Wildman–Crippen LogP) is 20.7. The second-order valence-electron chi connectivity index (χ2n) is 24.5. The van der Waals surface area contributed by atoms with Crippen molar-refractivity contribution in [3.05, 3.63) is 85.1 Å². The van der Waals surface area contributed by atoms with Crippen molar-refractivity contribution < 1.29 is 80.2 Å². The van der Waals surface area contributed by atoms with Crippen LogP contribution in [0.25, 0.3) is 0 Å². The summed E-state index contributed by atoms with van der Waals surface area (Å²) in [5, 5.41) is 10.6. The largest absolute Gasteiger partial charge is 0.472 e. The van der Waals surface area contributed by atoms with Crippen LogP contribution in [0.15, 0.2) is 85.1 Å². The molecular weight excluding hydrogens is 1230 g/mol. The van der Waals surface area contributed by atoms with Gasteiger partial charge in [0.05, 0.1) is 32.8 Å². The van der Waals surface area contributed by atoms with Crippen molar-refractivity contribution in [1.82, 2.24) is 0 Å². The Morgan fingerprint density at radius 1 is 0.319 bits per heavy atom. The molecule has 0 aliphatic heterocycles. The average Bonchev–Trinajstić information content (AvgIpc) is 1.35. The Bertz CT molecular complexity index is 2120. The molecule has 0 saturated carbocycles. The summed E-state index contributed by atoms with van der Waals surface area (Å²) in [7, 11) is -9.96. The molecular formula is C75H132O17P2. The zero-order valence-corrected chi connectivity index (χ0v) is 60.9. The third kappa shape index (κ3) is 66.8. The van der Waals surface area contributed by atoms with Gasteiger partial charge in [-0.3, -0.25) is 37.3 Å². The first-order valence-electron chi connectivity index (χ1n) is 36.8. The number of phosphoric ester groups is 2. The highest BCUT2D eigenvalue weighted by molar-refractivity contribution is 7.47. The van der Waals surface area contributed by atoms with Crippen LogP contribution < -0.4 is 0 Å². The van der Waals surface area contributed by atoms with E-state index in [1.54, 1.807) is 6.08 Å². The molecule has 5 atom stereocenters. The van der Waals surface area contributed by atoms with E-state index in [2.05, 4.69) is 88.5 Å². The van der Waals surface area contributed by atoms with E-state index in [9.17, 15) is 43.2 Å². The molecule has 0 aromatic rings. The summed E-state index contributed by atoms with van der Waals surface area (Å²) in [6, 6.07) is 0. The zero-order valence-electron chi connectivity index (χ0n) is 59.1. The summed E-state index contributed by atoms with van der Waals surface area (Å²) in [4.78, 5) is 72.6. The maximum atomic E-state index is 13.0. The maximum Gasteiger partial charge on any atom is 0.472 e. The molecule has 0 radical (unpaired) electrons. The lowest BCUT2D eigenvalue weighted by Crippen LogP contribution is -2.30. The van der Waals surface area contributed by atoms with Crippen molar-refractivity contribution in [2.45, 2.75) is 329 Å². The molecule has 0 aliphatic carbocycles. The third-order valence-electron chi connectivity index (χ3n) is 15.4. The van der Waals surface area contributed by atoms with Gasteiger partial charge in [-0.25, -0.2) is 9.13 Å². The van der Waals surface area contributed by atoms with Gasteiger partial charge in [0.15, 0.2) is 12.2 Å². The minimum atomic E-state index is -4.99. The molecule has 0 spiro atoms. The van der Waals surface area contributed by atoms with Gasteiger partial charge in [0.2, 0.25) is 0 Å². The minimum Gasteiger partial charge on any atom is -0.462 e. The second-order valence-corrected chi connectivity index (χ2v) is 27.4. The van der Waals surface area contributed by atoms with Gasteiger partial charge in [-0.1, -0.05) is 273 Å². The first-order chi connectivity index (χ1) is 45.7. The molecule has 544 valence electrons. The van der Waals surface area contributed by atoms with Crippen molar-refractivity contribution >= 4 is 39.5 Å². The van der Waals surface area contributed by atoms with E-state index >= 15 is 0 Å². The van der Waals surface area contributed by atoms with Crippen LogP contribution in [0.4, 0.5) is 0 Å². The number of carbonyl (C=O) groups excluding carboxylic acids is 4. The van der Waals surface area contributed by atoms with Crippen LogP contribution in [0.1, 0.15) is 310 Å². The first kappa shape index (κ1) is 90.2. The van der Waals surface area contributed by atoms with Gasteiger partial charge < -0.3 is 33.8 Å². The van der Waals surface area contributed by atoms with E-state index in [0.29, 0.717) is 25.7 Å². The van der Waals surface area contributed by atoms with Crippen molar-refractivity contribution in [1.29, 1.82) is 0 Å². The number of carbonyl (C=O) groups is 4. The van der Waals surface area contributed by atoms with Crippen LogP contribution >= 0.6 is 15.6 Å². The summed E-state index contributed by atoms with van der Waals surface area (Å²) in [5.74, 6) is -2.33. The molecule has 0 bridgehead atoms. The van der Waals surface area contributed by atoms with E-state index in [1.807, 2.05) is 18.2 Å². The summed E-state index contributed by atoms with van der Waals surface area (Å²) in [5.41, 5.74) is 0. The highest BCUT2D eigenvalue weighted by Gasteiger charge is 2.30. The summed E-state index contributed by atoms with van der Waals surface area (Å²) in [6.45, 7) is 4.59. The number of ether oxygens (including phenoxy) is 4. The zero-order chi connectivity index (χ0) is 69.0. The Hall–Kier alpha value is -3.76. The van der Waals surface area contributed by atoms with Gasteiger partial charge in [0.1, 0.15) is 19.3 Å². The SMILES string of the molecule is CC/C=C\C/C=C\C/C=C\C/C=C\C/C=C\CC(=O)OCC(COP(=O)(O)OCC(O)COP(=O)(O)OCC(COC(=O)CCCCCCC/C=C\CCCCCCCC)OC(=O)CCCCCCCCCCCCCCC)OC(=O)CCCCCCC/C=C\CCCC. The Kier molecular flexibility index (Phi) is 65.1. The molecule has 0 aromatic carbocycles. The maximum absolute atomic E-state index is 13.0. The minimum absolute atomic E-state index is 0.0659. The van der Waals surface area contributed by atoms with E-state index in [1.165, 1.54) is 103 Å². The lowest BCUT2D eigenvalue weighted by molar-refractivity contribution is -0.161. The van der Waals surface area contributed by atoms with E-state index in [-0.39, 0.29) is 25.7 Å². The molecule has 0 amide bonds. The predicted molar refractivity (Wildman–Crippen MR) is 381 cm³/mol. The standard InChI is InChI=1S/C75H132O17P2/c1-5-9-13-17-21-25-29-32-34-37-40-43-47-51-55-59-72(77)85-65-70(91-74(79)61-57-53-49-45-39-28-24-20-16-12-8-4)67-89-93(81,82)87-63-69(76)64-88-94(83,84)90-68-71(92-75(80)62-58-54-50-46-42-36-31-27-23-19-15-11-7-3)66-86-73(78)60-56-52-48-44-41-38-35-33-30-26-22-18-14-10-6-2/h9,13,20-21,24-25,32-35,40,43,51,55,69-71,76H,5-8,10-12,14-19,22-23,26-31,36-39,41-42,44-50,52-54,56-68H2,1-4H3,(H,81,82)(H,83,84)/b13-9-,24-20-,25-21-,34-32-,35-33-,43-40-,55-51-. The fourth-order valence-corrected chi connectivity index (χ4v) is 11.3. The van der Waals surface area contributed by atoms with Gasteiger partial charge >= 0.3 is 39.5 Å². The summed E-state index contributed by atoms with van der Waals surface area (Å²) < 4.78 is 68.2. The van der Waals surface area contributed by atoms with Gasteiger partial charge in [0.25, 0.3) is 0 Å². The first-order valence-corrected chi connectivity index (χ1v) is 39.8. The smallest absolute Gasteiger partial charge is 0.462 e. The van der Waals surface area contributed by atoms with Gasteiger partial charge in [-0.2, -0.15) is 0 Å². The number of hydrogen-bond donors (Lipinski definition) is 3. The Morgan fingerprint density at radius 3 is 0.968 bits per heavy atom. The highest BCUT2D eigenvalue weighted by Crippen LogP contribution is 2.45. The molecule has 0 aromatic heterocycles. The van der Waals surface area contributed by atoms with Crippen molar-refractivity contribution in [3.8, 4) is 0 Å². The molecule has 3 N–H and O–H groups in total. The van der Waals surface area contributed by atoms with E-state index < -0.39 is 97.5 Å². The Morgan fingerprint density at radius 2 is 0.606 bits per heavy atom. The van der Waals surface area contributed by atoms with E-state index in [4.69, 9.17) is 37.0 Å². The quantitative estimate of drug-likeness (QED) is 0.0169. The van der Waals surface area contributed by atoms with Crippen LogP contribution in [0.2, 0.25) is 0 Å². The fourth-order valence-electron chi connectivity index (χ4n) is 9.74. The molecule has 0 fully saturated rings. The van der Waals surface area contributed by atoms with Crippen molar-refractivity contribution in [2.24, 2.45) is 0 Å². The Labute approximate surface area is 570 Å². The number of allylic oxidation sites excluding steroid dienone is 13. The lowest BCUT2D eigenvalue weighted by atomic mass is 10.0. The molecule has 19 heteroatoms. The number of aliphatic hydroxyl groups excluding tert-OH is 1. The molecule has 0 heterocycles. The monoisotopic (exact) mass is 1370 g/mol. The van der Waals surface area contributed by atoms with Crippen molar-refractivity contribution in [3.63, 3.8) is 0 Å². The van der Waals surface area contributed by atoms with Crippen LogP contribution in [0.5, 0.6) is 0 Å². The normalized spacial score (nSPS) is 14.5. The summed E-state index contributed by atoms with van der Waals surface area (Å²) in [6.07, 6.45) is 67.6. The number of phosphoric acid groups is 2. The number of aliphatic hydroxyl groups is 1. The highest BCUT2D eigenvalue weighted by atomic mass is 31.2. The average molecular weight is 1370 g/mol. The fraction of sp³-hybridized carbons (Fsp3) is 0.760. The second kappa shape index (κ2) is 67.8. The van der Waals surface area contributed by atoms with Crippen LogP contribution in [-0.4, -0.2) is 96.7 Å². The van der Waals surface area contributed by atoms with Gasteiger partial charge in [-0.05, 0) is 96.3 Å². The number of hydrogen-bond acceptors (Lipinski definition) is 15. The molecule has 0 aliphatic rings. The van der Waals surface area contributed by atoms with E-state index in [0.717, 1.165) is 128 Å². The molecule has 0 rings (SSSR count). The van der Waals surface area contributed by atoms with Gasteiger partial charge in [0, 0.05) is 19.3 Å². The number of unbranched alkanes of at least 4 members (excludes halogenated alkanes) is 30. The van der Waals surface area contributed by atoms with Crippen LogP contribution in [0, 0.1) is 0 Å². The molecule has 5 unspecified atom stereocenters. The molecule has 94 heavy (non-hydrogen) atoms. The van der Waals surface area contributed by atoms with Gasteiger partial charge in [-0.15, -0.1) is 0 Å². The number of rotatable bonds is 69. The topological polar surface area (TPSA) is 237 Å².